The zero-order chi connectivity index (χ0) is 25.5. The fourth-order valence-electron chi connectivity index (χ4n) is 4.30. The molecular formula is C28H37NO6. The lowest BCUT2D eigenvalue weighted by molar-refractivity contribution is -0.146. The van der Waals surface area contributed by atoms with Gasteiger partial charge in [-0.3, -0.25) is 4.79 Å². The molecule has 0 atom stereocenters. The van der Waals surface area contributed by atoms with Crippen LogP contribution in [0.4, 0.5) is 0 Å². The number of carbonyl (C=O) groups excluding carboxylic acids is 1. The van der Waals surface area contributed by atoms with Crippen LogP contribution in [-0.4, -0.2) is 49.5 Å². The third kappa shape index (κ3) is 7.21. The smallest absolute Gasteiger partial charge is 0.329 e. The van der Waals surface area contributed by atoms with Crippen molar-refractivity contribution in [3.63, 3.8) is 0 Å². The SMILES string of the molecule is COCCOc1ccc(C(=O)NC2(C(=O)O)CCC(C)(C)CC2)cc1OCCc1cccc(C)c1. The number of aryl methyl sites for hydroxylation is 1. The molecule has 3 rings (SSSR count). The second kappa shape index (κ2) is 11.6. The molecule has 1 aliphatic rings. The third-order valence-corrected chi connectivity index (χ3v) is 6.70. The summed E-state index contributed by atoms with van der Waals surface area (Å²) in [6.45, 7) is 7.47. The van der Waals surface area contributed by atoms with Crippen molar-refractivity contribution in [2.24, 2.45) is 5.41 Å². The van der Waals surface area contributed by atoms with Gasteiger partial charge in [0, 0.05) is 19.1 Å². The Morgan fingerprint density at radius 1 is 0.943 bits per heavy atom. The van der Waals surface area contributed by atoms with Crippen LogP contribution in [0, 0.1) is 12.3 Å². The van der Waals surface area contributed by atoms with Gasteiger partial charge in [0.05, 0.1) is 13.2 Å². The monoisotopic (exact) mass is 483 g/mol. The zero-order valence-corrected chi connectivity index (χ0v) is 21.2. The summed E-state index contributed by atoms with van der Waals surface area (Å²) in [6.07, 6.45) is 2.98. The van der Waals surface area contributed by atoms with Gasteiger partial charge in [-0.2, -0.15) is 0 Å². The standard InChI is InChI=1S/C28H37NO6/c1-20-6-5-7-21(18-20)10-15-34-24-19-22(8-9-23(24)35-17-16-33-4)25(30)29-28(26(31)32)13-11-27(2,3)12-14-28/h5-9,18-19H,10-17H2,1-4H3,(H,29,30)(H,31,32). The number of rotatable bonds is 11. The summed E-state index contributed by atoms with van der Waals surface area (Å²) in [5, 5.41) is 12.8. The van der Waals surface area contributed by atoms with E-state index < -0.39 is 17.4 Å². The Bertz CT molecular complexity index is 1020. The van der Waals surface area contributed by atoms with E-state index in [2.05, 4.69) is 25.2 Å². The largest absolute Gasteiger partial charge is 0.489 e. The van der Waals surface area contributed by atoms with E-state index in [9.17, 15) is 14.7 Å². The fraction of sp³-hybridized carbons (Fsp3) is 0.500. The van der Waals surface area contributed by atoms with Gasteiger partial charge in [0.2, 0.25) is 0 Å². The highest BCUT2D eigenvalue weighted by molar-refractivity contribution is 5.98. The number of benzene rings is 2. The maximum absolute atomic E-state index is 13.1. The van der Waals surface area contributed by atoms with Gasteiger partial charge in [-0.15, -0.1) is 0 Å². The number of carbonyl (C=O) groups is 2. The first-order chi connectivity index (χ1) is 16.6. The molecule has 1 aliphatic carbocycles. The Kier molecular flexibility index (Phi) is 8.78. The second-order valence-corrected chi connectivity index (χ2v) is 10.1. The minimum absolute atomic E-state index is 0.0726. The number of aliphatic carboxylic acids is 1. The minimum atomic E-state index is -1.26. The number of ether oxygens (including phenoxy) is 3. The van der Waals surface area contributed by atoms with Gasteiger partial charge in [0.1, 0.15) is 12.1 Å². The van der Waals surface area contributed by atoms with Crippen LogP contribution in [0.15, 0.2) is 42.5 Å². The first-order valence-electron chi connectivity index (χ1n) is 12.1. The average molecular weight is 484 g/mol. The number of hydrogen-bond acceptors (Lipinski definition) is 5. The van der Waals surface area contributed by atoms with Crippen LogP contribution in [-0.2, 0) is 16.0 Å². The topological polar surface area (TPSA) is 94.1 Å². The van der Waals surface area contributed by atoms with Crippen LogP contribution in [0.3, 0.4) is 0 Å². The highest BCUT2D eigenvalue weighted by Gasteiger charge is 2.45. The van der Waals surface area contributed by atoms with E-state index in [4.69, 9.17) is 14.2 Å². The molecule has 35 heavy (non-hydrogen) atoms. The number of hydrogen-bond donors (Lipinski definition) is 2. The molecule has 1 amide bonds. The van der Waals surface area contributed by atoms with Gasteiger partial charge in [-0.25, -0.2) is 4.79 Å². The molecule has 0 aromatic heterocycles. The lowest BCUT2D eigenvalue weighted by atomic mass is 9.69. The second-order valence-electron chi connectivity index (χ2n) is 10.1. The summed E-state index contributed by atoms with van der Waals surface area (Å²) in [7, 11) is 1.60. The van der Waals surface area contributed by atoms with E-state index in [0.29, 0.717) is 56.1 Å². The van der Waals surface area contributed by atoms with Crippen molar-refractivity contribution in [3.8, 4) is 11.5 Å². The molecule has 2 aromatic carbocycles. The highest BCUT2D eigenvalue weighted by Crippen LogP contribution is 2.40. The fourth-order valence-corrected chi connectivity index (χ4v) is 4.30. The van der Waals surface area contributed by atoms with Crippen LogP contribution in [0.1, 0.15) is 61.0 Å². The zero-order valence-electron chi connectivity index (χ0n) is 21.2. The molecule has 7 nitrogen and oxygen atoms in total. The summed E-state index contributed by atoms with van der Waals surface area (Å²) >= 11 is 0. The van der Waals surface area contributed by atoms with E-state index in [1.165, 1.54) is 5.56 Å². The van der Waals surface area contributed by atoms with Gasteiger partial charge < -0.3 is 24.6 Å². The molecular weight excluding hydrogens is 446 g/mol. The van der Waals surface area contributed by atoms with Gasteiger partial charge in [0.15, 0.2) is 11.5 Å². The molecule has 2 aromatic rings. The Balaban J connectivity index is 1.75. The van der Waals surface area contributed by atoms with E-state index in [-0.39, 0.29) is 5.41 Å². The van der Waals surface area contributed by atoms with Gasteiger partial charge >= 0.3 is 5.97 Å². The quantitative estimate of drug-likeness (QED) is 0.446. The minimum Gasteiger partial charge on any atom is -0.489 e. The maximum Gasteiger partial charge on any atom is 0.329 e. The Hall–Kier alpha value is -3.06. The number of carboxylic acids is 1. The highest BCUT2D eigenvalue weighted by atomic mass is 16.5. The first kappa shape index (κ1) is 26.5. The molecule has 0 saturated heterocycles. The van der Waals surface area contributed by atoms with Gasteiger partial charge in [0.25, 0.3) is 5.91 Å². The molecule has 1 saturated carbocycles. The van der Waals surface area contributed by atoms with Crippen molar-refractivity contribution < 1.29 is 28.9 Å². The molecule has 190 valence electrons. The average Bonchev–Trinajstić information content (AvgIpc) is 2.81. The number of methoxy groups -OCH3 is 1. The lowest BCUT2D eigenvalue weighted by Gasteiger charge is -2.41. The Morgan fingerprint density at radius 3 is 2.31 bits per heavy atom. The van der Waals surface area contributed by atoms with Crippen LogP contribution < -0.4 is 14.8 Å². The van der Waals surface area contributed by atoms with E-state index in [1.807, 2.05) is 25.1 Å². The van der Waals surface area contributed by atoms with Crippen LogP contribution in [0.5, 0.6) is 11.5 Å². The molecule has 0 heterocycles. The van der Waals surface area contributed by atoms with E-state index in [0.717, 1.165) is 18.4 Å². The molecule has 0 unspecified atom stereocenters. The van der Waals surface area contributed by atoms with Crippen molar-refractivity contribution in [1.29, 1.82) is 0 Å². The normalized spacial score (nSPS) is 16.3. The Labute approximate surface area is 207 Å². The van der Waals surface area contributed by atoms with Crippen molar-refractivity contribution in [1.82, 2.24) is 5.32 Å². The summed E-state index contributed by atoms with van der Waals surface area (Å²) in [6, 6.07) is 13.2. The van der Waals surface area contributed by atoms with Crippen LogP contribution in [0.2, 0.25) is 0 Å². The molecule has 0 bridgehead atoms. The van der Waals surface area contributed by atoms with Crippen molar-refractivity contribution in [3.05, 3.63) is 59.2 Å². The summed E-state index contributed by atoms with van der Waals surface area (Å²) in [5.74, 6) is -0.472. The third-order valence-electron chi connectivity index (χ3n) is 6.70. The van der Waals surface area contributed by atoms with Gasteiger partial charge in [-0.1, -0.05) is 43.7 Å². The predicted molar refractivity (Wildman–Crippen MR) is 134 cm³/mol. The molecule has 0 aliphatic heterocycles. The first-order valence-corrected chi connectivity index (χ1v) is 12.1. The lowest BCUT2D eigenvalue weighted by Crippen LogP contribution is -2.57. The van der Waals surface area contributed by atoms with Crippen molar-refractivity contribution >= 4 is 11.9 Å². The van der Waals surface area contributed by atoms with Gasteiger partial charge in [-0.05, 0) is 61.8 Å². The molecule has 0 spiro atoms. The van der Waals surface area contributed by atoms with Crippen molar-refractivity contribution in [2.75, 3.05) is 26.9 Å². The molecule has 7 heteroatoms. The summed E-state index contributed by atoms with van der Waals surface area (Å²) in [5.41, 5.74) is 1.49. The maximum atomic E-state index is 13.1. The van der Waals surface area contributed by atoms with Crippen LogP contribution in [0.25, 0.3) is 0 Å². The number of carboxylic acid groups (broad SMARTS) is 1. The molecule has 0 radical (unpaired) electrons. The number of nitrogens with one attached hydrogen (secondary N) is 1. The summed E-state index contributed by atoms with van der Waals surface area (Å²) < 4.78 is 16.9. The molecule has 2 N–H and O–H groups in total. The number of amides is 1. The van der Waals surface area contributed by atoms with E-state index in [1.54, 1.807) is 25.3 Å². The van der Waals surface area contributed by atoms with Crippen LogP contribution >= 0.6 is 0 Å². The summed E-state index contributed by atoms with van der Waals surface area (Å²) in [4.78, 5) is 25.3. The van der Waals surface area contributed by atoms with Crippen molar-refractivity contribution in [2.45, 2.75) is 58.4 Å². The predicted octanol–water partition coefficient (Wildman–Crippen LogP) is 4.80. The molecule has 1 fully saturated rings. The Morgan fingerprint density at radius 2 is 1.66 bits per heavy atom. The van der Waals surface area contributed by atoms with E-state index >= 15 is 0 Å².